The van der Waals surface area contributed by atoms with Gasteiger partial charge in [-0.1, -0.05) is 49.6 Å². The van der Waals surface area contributed by atoms with Crippen LogP contribution in [-0.2, 0) is 20.9 Å². The van der Waals surface area contributed by atoms with E-state index in [-0.39, 0.29) is 34.8 Å². The first-order valence-electron chi connectivity index (χ1n) is 15.2. The number of thioether (sulfide) groups is 2. The number of amides is 3. The topological polar surface area (TPSA) is 91.0 Å². The Morgan fingerprint density at radius 3 is 2.40 bits per heavy atom. The molecule has 1 saturated carbocycles. The molecule has 2 aliphatic heterocycles. The van der Waals surface area contributed by atoms with Crippen molar-refractivity contribution in [3.63, 3.8) is 0 Å². The third-order valence-electron chi connectivity index (χ3n) is 7.99. The zero-order chi connectivity index (χ0) is 29.2. The first-order chi connectivity index (χ1) is 19.7. The van der Waals surface area contributed by atoms with Crippen LogP contribution in [0.2, 0.25) is 0 Å². The SMILES string of the molecule is Br.CC(C)(C)OC(=O)N1CSC[C@H]1C(=O)N[C@@H](CSCC1CCCCC1)C(=O)NC1CCN(Cc2ccccc2)CC1. The number of carbonyl (C=O) groups excluding carboxylic acids is 3. The van der Waals surface area contributed by atoms with Crippen molar-refractivity contribution in [1.82, 2.24) is 20.4 Å². The number of likely N-dealkylation sites (tertiary alicyclic amines) is 1. The lowest BCUT2D eigenvalue weighted by atomic mass is 9.91. The highest BCUT2D eigenvalue weighted by Crippen LogP contribution is 2.27. The largest absolute Gasteiger partial charge is 0.444 e. The summed E-state index contributed by atoms with van der Waals surface area (Å²) in [4.78, 5) is 43.7. The molecule has 8 nitrogen and oxygen atoms in total. The Morgan fingerprint density at radius 1 is 1.05 bits per heavy atom. The van der Waals surface area contributed by atoms with E-state index in [4.69, 9.17) is 4.74 Å². The molecule has 0 unspecified atom stereocenters. The van der Waals surface area contributed by atoms with Gasteiger partial charge in [0.1, 0.15) is 17.7 Å². The number of hydrogen-bond donors (Lipinski definition) is 2. The average molecular weight is 686 g/mol. The molecule has 3 fully saturated rings. The van der Waals surface area contributed by atoms with Crippen molar-refractivity contribution >= 4 is 58.4 Å². The predicted molar refractivity (Wildman–Crippen MR) is 178 cm³/mol. The third-order valence-corrected chi connectivity index (χ3v) is 10.3. The number of nitrogens with one attached hydrogen (secondary N) is 2. The van der Waals surface area contributed by atoms with E-state index < -0.39 is 23.8 Å². The summed E-state index contributed by atoms with van der Waals surface area (Å²) in [6, 6.07) is 9.30. The van der Waals surface area contributed by atoms with E-state index in [1.165, 1.54) is 54.3 Å². The monoisotopic (exact) mass is 684 g/mol. The maximum Gasteiger partial charge on any atom is 0.411 e. The molecule has 2 heterocycles. The Bertz CT molecular complexity index is 998. The number of halogens is 1. The van der Waals surface area contributed by atoms with Crippen molar-refractivity contribution in [3.05, 3.63) is 35.9 Å². The van der Waals surface area contributed by atoms with E-state index in [9.17, 15) is 14.4 Å². The van der Waals surface area contributed by atoms with Gasteiger partial charge < -0.3 is 15.4 Å². The van der Waals surface area contributed by atoms with Crippen LogP contribution >= 0.6 is 40.5 Å². The number of ether oxygens (including phenoxy) is 1. The summed E-state index contributed by atoms with van der Waals surface area (Å²) < 4.78 is 5.54. The number of rotatable bonds is 10. The maximum atomic E-state index is 13.6. The van der Waals surface area contributed by atoms with E-state index in [0.717, 1.165) is 38.2 Å². The van der Waals surface area contributed by atoms with Gasteiger partial charge in [0.25, 0.3) is 0 Å². The number of benzene rings is 1. The summed E-state index contributed by atoms with van der Waals surface area (Å²) in [5.74, 6) is 2.74. The Kier molecular flexibility index (Phi) is 14.3. The zero-order valence-electron chi connectivity index (χ0n) is 25.3. The van der Waals surface area contributed by atoms with E-state index in [1.807, 2.05) is 26.8 Å². The number of nitrogens with zero attached hydrogens (tertiary/aromatic N) is 2. The predicted octanol–water partition coefficient (Wildman–Crippen LogP) is 5.45. The molecule has 42 heavy (non-hydrogen) atoms. The molecule has 1 aliphatic carbocycles. The number of carbonyl (C=O) groups is 3. The normalized spacial score (nSPS) is 21.3. The van der Waals surface area contributed by atoms with E-state index >= 15 is 0 Å². The van der Waals surface area contributed by atoms with Crippen molar-refractivity contribution in [2.75, 3.05) is 36.2 Å². The van der Waals surface area contributed by atoms with E-state index in [2.05, 4.69) is 39.8 Å². The molecular weight excluding hydrogens is 636 g/mol. The summed E-state index contributed by atoms with van der Waals surface area (Å²) >= 11 is 3.29. The molecule has 2 saturated heterocycles. The highest BCUT2D eigenvalue weighted by molar-refractivity contribution is 8.93. The van der Waals surface area contributed by atoms with Gasteiger partial charge in [-0.15, -0.1) is 28.7 Å². The minimum atomic E-state index is -0.644. The van der Waals surface area contributed by atoms with Crippen LogP contribution in [0.25, 0.3) is 0 Å². The quantitative estimate of drug-likeness (QED) is 0.339. The molecule has 0 aromatic heterocycles. The zero-order valence-corrected chi connectivity index (χ0v) is 28.7. The molecule has 3 amide bonds. The summed E-state index contributed by atoms with van der Waals surface area (Å²) in [6.45, 7) is 8.23. The van der Waals surface area contributed by atoms with Gasteiger partial charge in [0, 0.05) is 37.2 Å². The molecule has 3 aliphatic rings. The van der Waals surface area contributed by atoms with Crippen molar-refractivity contribution in [2.45, 2.75) is 96.0 Å². The summed E-state index contributed by atoms with van der Waals surface area (Å²) in [7, 11) is 0. The van der Waals surface area contributed by atoms with Gasteiger partial charge in [-0.3, -0.25) is 19.4 Å². The molecule has 1 aromatic rings. The minimum Gasteiger partial charge on any atom is -0.444 e. The summed E-state index contributed by atoms with van der Waals surface area (Å²) in [5.41, 5.74) is 0.665. The molecule has 0 spiro atoms. The average Bonchev–Trinajstić information content (AvgIpc) is 3.44. The van der Waals surface area contributed by atoms with E-state index in [0.29, 0.717) is 23.3 Å². The van der Waals surface area contributed by atoms with Gasteiger partial charge in [-0.25, -0.2) is 4.79 Å². The third kappa shape index (κ3) is 11.2. The summed E-state index contributed by atoms with van der Waals surface area (Å²) in [5, 5.41) is 6.28. The number of piperidine rings is 1. The number of hydrogen-bond acceptors (Lipinski definition) is 7. The molecule has 11 heteroatoms. The Hall–Kier alpha value is -1.43. The van der Waals surface area contributed by atoms with Gasteiger partial charge in [0.2, 0.25) is 11.8 Å². The van der Waals surface area contributed by atoms with Crippen molar-refractivity contribution in [2.24, 2.45) is 5.92 Å². The Balaban J connectivity index is 0.00000484. The molecule has 2 atom stereocenters. The maximum absolute atomic E-state index is 13.6. The molecule has 2 N–H and O–H groups in total. The van der Waals surface area contributed by atoms with Crippen LogP contribution < -0.4 is 10.6 Å². The van der Waals surface area contributed by atoms with Gasteiger partial charge in [-0.05, 0) is 63.7 Å². The lowest BCUT2D eigenvalue weighted by Crippen LogP contribution is -2.57. The van der Waals surface area contributed by atoms with Gasteiger partial charge >= 0.3 is 6.09 Å². The molecule has 1 aromatic carbocycles. The van der Waals surface area contributed by atoms with Crippen LogP contribution in [0.4, 0.5) is 4.79 Å². The Labute approximate surface area is 271 Å². The van der Waals surface area contributed by atoms with Crippen molar-refractivity contribution < 1.29 is 19.1 Å². The van der Waals surface area contributed by atoms with Gasteiger partial charge in [0.05, 0.1) is 5.88 Å². The molecule has 236 valence electrons. The standard InChI is InChI=1S/C31H48N4O4S2.BrH/c1-31(2,3)39-30(38)35-22-41-21-27(35)29(37)33-26(20-40-19-24-12-8-5-9-13-24)28(36)32-25-14-16-34(17-15-25)18-23-10-6-4-7-11-23;/h4,6-7,10-11,24-27H,5,8-9,12-22H2,1-3H3,(H,32,36)(H,33,37);1H/t26-,27-;/m0./s1. The van der Waals surface area contributed by atoms with Gasteiger partial charge in [0.15, 0.2) is 0 Å². The molecular formula is C31H49BrN4O4S2. The van der Waals surface area contributed by atoms with Crippen LogP contribution in [0.3, 0.4) is 0 Å². The Morgan fingerprint density at radius 2 is 1.74 bits per heavy atom. The van der Waals surface area contributed by atoms with Crippen LogP contribution in [-0.4, -0.2) is 87.7 Å². The molecule has 4 rings (SSSR count). The van der Waals surface area contributed by atoms with Crippen LogP contribution in [0, 0.1) is 5.92 Å². The lowest BCUT2D eigenvalue weighted by Gasteiger charge is -2.33. The van der Waals surface area contributed by atoms with Crippen molar-refractivity contribution in [3.8, 4) is 0 Å². The minimum absolute atomic E-state index is 0. The fourth-order valence-electron chi connectivity index (χ4n) is 5.70. The van der Waals surface area contributed by atoms with Crippen LogP contribution in [0.15, 0.2) is 30.3 Å². The van der Waals surface area contributed by atoms with Gasteiger partial charge in [-0.2, -0.15) is 11.8 Å². The first kappa shape index (κ1) is 35.1. The summed E-state index contributed by atoms with van der Waals surface area (Å²) in [6.07, 6.45) is 7.69. The second-order valence-corrected chi connectivity index (χ2v) is 14.7. The highest BCUT2D eigenvalue weighted by Gasteiger charge is 2.39. The second-order valence-electron chi connectivity index (χ2n) is 12.6. The smallest absolute Gasteiger partial charge is 0.411 e. The second kappa shape index (κ2) is 17.2. The van der Waals surface area contributed by atoms with Crippen LogP contribution in [0.1, 0.15) is 71.3 Å². The molecule has 0 radical (unpaired) electrons. The van der Waals surface area contributed by atoms with Crippen LogP contribution in [0.5, 0.6) is 0 Å². The van der Waals surface area contributed by atoms with E-state index in [1.54, 1.807) is 11.8 Å². The first-order valence-corrected chi connectivity index (χ1v) is 17.5. The van der Waals surface area contributed by atoms with Crippen molar-refractivity contribution in [1.29, 1.82) is 0 Å². The fourth-order valence-corrected chi connectivity index (χ4v) is 8.11. The fraction of sp³-hybridized carbons (Fsp3) is 0.710. The highest BCUT2D eigenvalue weighted by atomic mass is 79.9. The molecule has 0 bridgehead atoms. The lowest BCUT2D eigenvalue weighted by molar-refractivity contribution is -0.131.